The number of carbonyl (C=O) groups is 1. The summed E-state index contributed by atoms with van der Waals surface area (Å²) in [4.78, 5) is 11.0. The molecule has 256 valence electrons. The third kappa shape index (κ3) is 29.0. The highest BCUT2D eigenvalue weighted by molar-refractivity contribution is 5.88. The van der Waals surface area contributed by atoms with Gasteiger partial charge in [-0.25, -0.2) is 0 Å². The Hall–Kier alpha value is -1.71. The number of nitrogens with one attached hydrogen (secondary N) is 1. The molecule has 0 aromatic heterocycles. The third-order valence-corrected chi connectivity index (χ3v) is 7.30. The first-order valence-corrected chi connectivity index (χ1v) is 17.6. The second-order valence-electron chi connectivity index (χ2n) is 11.4. The molecule has 1 amide bonds. The standard InChI is InChI=1S/C36H65NO7/c1-3-4-5-6-7-8-9-10-11-12-13-14-15-16-17-18-23-39-24-25-40-26-27-41-28-29-42-30-31-43-32-33-44-36-21-19-35(20-22-36)37-34(2)38/h19-22H,3-18,23-33H2,1-2H3,(H,37,38). The normalized spacial score (nSPS) is 11.2. The van der Waals surface area contributed by atoms with Gasteiger partial charge in [0.05, 0.1) is 59.5 Å². The molecule has 8 heteroatoms. The minimum absolute atomic E-state index is 0.0956. The number of unbranched alkanes of at least 4 members (excludes halogenated alkanes) is 15. The lowest BCUT2D eigenvalue weighted by molar-refractivity contribution is -0.114. The van der Waals surface area contributed by atoms with Crippen LogP contribution in [0.4, 0.5) is 5.69 Å². The van der Waals surface area contributed by atoms with Crippen LogP contribution >= 0.6 is 0 Å². The first kappa shape index (κ1) is 40.3. The molecule has 0 aliphatic heterocycles. The van der Waals surface area contributed by atoms with Gasteiger partial charge in [-0.1, -0.05) is 103 Å². The molecule has 8 nitrogen and oxygen atoms in total. The topological polar surface area (TPSA) is 84.5 Å². The number of benzene rings is 1. The van der Waals surface area contributed by atoms with E-state index >= 15 is 0 Å². The van der Waals surface area contributed by atoms with Crippen LogP contribution in [0.2, 0.25) is 0 Å². The van der Waals surface area contributed by atoms with Crippen LogP contribution in [0.1, 0.15) is 117 Å². The van der Waals surface area contributed by atoms with Gasteiger partial charge in [-0.05, 0) is 30.7 Å². The van der Waals surface area contributed by atoms with Crippen LogP contribution in [-0.2, 0) is 28.5 Å². The summed E-state index contributed by atoms with van der Waals surface area (Å²) in [6.07, 6.45) is 22.2. The lowest BCUT2D eigenvalue weighted by Gasteiger charge is -2.09. The molecule has 0 radical (unpaired) electrons. The smallest absolute Gasteiger partial charge is 0.221 e. The lowest BCUT2D eigenvalue weighted by atomic mass is 10.0. The van der Waals surface area contributed by atoms with E-state index in [-0.39, 0.29) is 5.91 Å². The Bertz CT molecular complexity index is 732. The van der Waals surface area contributed by atoms with E-state index < -0.39 is 0 Å². The van der Waals surface area contributed by atoms with E-state index in [1.54, 1.807) is 12.1 Å². The van der Waals surface area contributed by atoms with Crippen molar-refractivity contribution in [2.24, 2.45) is 0 Å². The third-order valence-electron chi connectivity index (χ3n) is 7.30. The number of amides is 1. The molecule has 1 N–H and O–H groups in total. The maximum Gasteiger partial charge on any atom is 0.221 e. The highest BCUT2D eigenvalue weighted by Gasteiger charge is 1.99. The molecular weight excluding hydrogens is 558 g/mol. The summed E-state index contributed by atoms with van der Waals surface area (Å²) in [5.41, 5.74) is 0.746. The molecule has 0 saturated heterocycles. The lowest BCUT2D eigenvalue weighted by Crippen LogP contribution is -2.14. The van der Waals surface area contributed by atoms with Crippen molar-refractivity contribution in [2.45, 2.75) is 117 Å². The molecule has 44 heavy (non-hydrogen) atoms. The molecule has 1 rings (SSSR count). The van der Waals surface area contributed by atoms with E-state index in [2.05, 4.69) is 12.2 Å². The van der Waals surface area contributed by atoms with Gasteiger partial charge < -0.3 is 33.7 Å². The Morgan fingerprint density at radius 3 is 1.20 bits per heavy atom. The van der Waals surface area contributed by atoms with Gasteiger partial charge >= 0.3 is 0 Å². The number of ether oxygens (including phenoxy) is 6. The summed E-state index contributed by atoms with van der Waals surface area (Å²) in [6.45, 7) is 10.0. The quantitative estimate of drug-likeness (QED) is 0.0772. The first-order valence-electron chi connectivity index (χ1n) is 17.6. The molecule has 1 aromatic carbocycles. The predicted octanol–water partition coefficient (Wildman–Crippen LogP) is 8.37. The molecule has 0 saturated carbocycles. The maximum absolute atomic E-state index is 11.0. The molecular formula is C36H65NO7. The molecule has 0 atom stereocenters. The Morgan fingerprint density at radius 1 is 0.477 bits per heavy atom. The van der Waals surface area contributed by atoms with Gasteiger partial charge in [0, 0.05) is 19.2 Å². The maximum atomic E-state index is 11.0. The summed E-state index contributed by atoms with van der Waals surface area (Å²) in [7, 11) is 0. The Kier molecular flexibility index (Phi) is 29.9. The fourth-order valence-electron chi connectivity index (χ4n) is 4.79. The summed E-state index contributed by atoms with van der Waals surface area (Å²) in [5.74, 6) is 0.639. The van der Waals surface area contributed by atoms with Gasteiger partial charge in [0.2, 0.25) is 5.91 Å². The van der Waals surface area contributed by atoms with E-state index in [0.29, 0.717) is 66.1 Å². The SMILES string of the molecule is CCCCCCCCCCCCCCCCCCOCCOCCOCCOCCOCCOc1ccc(NC(C)=O)cc1. The minimum Gasteiger partial charge on any atom is -0.491 e. The fraction of sp³-hybridized carbons (Fsp3) is 0.806. The van der Waals surface area contributed by atoms with Crippen LogP contribution in [-0.4, -0.2) is 78.6 Å². The van der Waals surface area contributed by atoms with E-state index in [1.807, 2.05) is 12.1 Å². The van der Waals surface area contributed by atoms with Crippen LogP contribution < -0.4 is 10.1 Å². The Morgan fingerprint density at radius 2 is 0.818 bits per heavy atom. The molecule has 0 bridgehead atoms. The van der Waals surface area contributed by atoms with Crippen molar-refractivity contribution in [2.75, 3.05) is 78.0 Å². The van der Waals surface area contributed by atoms with Gasteiger partial charge in [-0.15, -0.1) is 0 Å². The second kappa shape index (κ2) is 32.7. The molecule has 1 aromatic rings. The number of hydrogen-bond donors (Lipinski definition) is 1. The van der Waals surface area contributed by atoms with Crippen LogP contribution in [0.15, 0.2) is 24.3 Å². The van der Waals surface area contributed by atoms with Crippen LogP contribution in [0, 0.1) is 0 Å². The first-order chi connectivity index (χ1) is 21.7. The fourth-order valence-corrected chi connectivity index (χ4v) is 4.79. The zero-order valence-electron chi connectivity index (χ0n) is 28.3. The van der Waals surface area contributed by atoms with Crippen molar-refractivity contribution in [3.05, 3.63) is 24.3 Å². The number of anilines is 1. The Labute approximate surface area is 269 Å². The van der Waals surface area contributed by atoms with Gasteiger partial charge in [0.1, 0.15) is 12.4 Å². The zero-order chi connectivity index (χ0) is 31.6. The second-order valence-corrected chi connectivity index (χ2v) is 11.4. The van der Waals surface area contributed by atoms with Gasteiger partial charge in [0.15, 0.2) is 0 Å². The van der Waals surface area contributed by atoms with Crippen LogP contribution in [0.25, 0.3) is 0 Å². The van der Waals surface area contributed by atoms with Gasteiger partial charge in [0.25, 0.3) is 0 Å². The summed E-state index contributed by atoms with van der Waals surface area (Å²) < 4.78 is 33.4. The van der Waals surface area contributed by atoms with Crippen molar-refractivity contribution in [3.63, 3.8) is 0 Å². The summed E-state index contributed by atoms with van der Waals surface area (Å²) in [5, 5.41) is 2.72. The van der Waals surface area contributed by atoms with E-state index in [4.69, 9.17) is 28.4 Å². The van der Waals surface area contributed by atoms with Crippen molar-refractivity contribution in [3.8, 4) is 5.75 Å². The Balaban J connectivity index is 1.67. The number of hydrogen-bond acceptors (Lipinski definition) is 7. The molecule has 0 unspecified atom stereocenters. The van der Waals surface area contributed by atoms with Gasteiger partial charge in [-0.2, -0.15) is 0 Å². The van der Waals surface area contributed by atoms with Crippen molar-refractivity contribution < 1.29 is 33.2 Å². The molecule has 0 spiro atoms. The largest absolute Gasteiger partial charge is 0.491 e. The van der Waals surface area contributed by atoms with Crippen LogP contribution in [0.3, 0.4) is 0 Å². The summed E-state index contributed by atoms with van der Waals surface area (Å²) in [6, 6.07) is 7.24. The average Bonchev–Trinajstić information content (AvgIpc) is 3.02. The zero-order valence-corrected chi connectivity index (χ0v) is 28.3. The molecule has 0 aliphatic rings. The molecule has 0 heterocycles. The minimum atomic E-state index is -0.0956. The summed E-state index contributed by atoms with van der Waals surface area (Å²) >= 11 is 0. The predicted molar refractivity (Wildman–Crippen MR) is 180 cm³/mol. The number of rotatable bonds is 34. The van der Waals surface area contributed by atoms with Crippen molar-refractivity contribution in [1.82, 2.24) is 0 Å². The highest BCUT2D eigenvalue weighted by atomic mass is 16.6. The highest BCUT2D eigenvalue weighted by Crippen LogP contribution is 2.16. The monoisotopic (exact) mass is 623 g/mol. The van der Waals surface area contributed by atoms with E-state index in [9.17, 15) is 4.79 Å². The van der Waals surface area contributed by atoms with Gasteiger partial charge in [-0.3, -0.25) is 4.79 Å². The van der Waals surface area contributed by atoms with Crippen molar-refractivity contribution in [1.29, 1.82) is 0 Å². The number of carbonyl (C=O) groups excluding carboxylic acids is 1. The molecule has 0 aliphatic carbocycles. The average molecular weight is 624 g/mol. The molecule has 0 fully saturated rings. The van der Waals surface area contributed by atoms with E-state index in [0.717, 1.165) is 24.5 Å². The van der Waals surface area contributed by atoms with E-state index in [1.165, 1.54) is 103 Å². The van der Waals surface area contributed by atoms with Crippen LogP contribution in [0.5, 0.6) is 5.75 Å². The van der Waals surface area contributed by atoms with Crippen molar-refractivity contribution >= 4 is 11.6 Å².